The molecule has 8 nitrogen and oxygen atoms in total. The lowest BCUT2D eigenvalue weighted by Crippen LogP contribution is -2.49. The van der Waals surface area contributed by atoms with Gasteiger partial charge in [-0.25, -0.2) is 9.37 Å². The van der Waals surface area contributed by atoms with Gasteiger partial charge in [-0.3, -0.25) is 14.6 Å². The maximum absolute atomic E-state index is 13.6. The van der Waals surface area contributed by atoms with Gasteiger partial charge >= 0.3 is 0 Å². The van der Waals surface area contributed by atoms with Gasteiger partial charge in [0, 0.05) is 24.5 Å². The Morgan fingerprint density at radius 2 is 2.03 bits per heavy atom. The van der Waals surface area contributed by atoms with Gasteiger partial charge in [0.15, 0.2) is 0 Å². The van der Waals surface area contributed by atoms with Crippen LogP contribution in [0.2, 0.25) is 0 Å². The van der Waals surface area contributed by atoms with Crippen LogP contribution in [0.3, 0.4) is 0 Å². The van der Waals surface area contributed by atoms with Crippen molar-refractivity contribution in [3.8, 4) is 0 Å². The molecule has 9 heteroatoms. The molecule has 0 radical (unpaired) electrons. The minimum absolute atomic E-state index is 0.00623. The van der Waals surface area contributed by atoms with Gasteiger partial charge in [0.25, 0.3) is 5.91 Å². The molecule has 0 saturated carbocycles. The van der Waals surface area contributed by atoms with Gasteiger partial charge in [0.2, 0.25) is 5.91 Å². The number of benzene rings is 1. The van der Waals surface area contributed by atoms with Crippen LogP contribution < -0.4 is 10.6 Å². The van der Waals surface area contributed by atoms with E-state index >= 15 is 0 Å². The van der Waals surface area contributed by atoms with Gasteiger partial charge in [0.05, 0.1) is 31.4 Å². The number of aromatic nitrogens is 2. The molecule has 2 aromatic rings. The average Bonchev–Trinajstić information content (AvgIpc) is 2.74. The fourth-order valence-electron chi connectivity index (χ4n) is 2.87. The van der Waals surface area contributed by atoms with Gasteiger partial charge in [0.1, 0.15) is 17.6 Å². The molecule has 2 amide bonds. The lowest BCUT2D eigenvalue weighted by molar-refractivity contribution is -0.125. The summed E-state index contributed by atoms with van der Waals surface area (Å²) < 4.78 is 19.3. The van der Waals surface area contributed by atoms with Crippen molar-refractivity contribution >= 4 is 11.8 Å². The highest BCUT2D eigenvalue weighted by atomic mass is 19.1. The van der Waals surface area contributed by atoms with Crippen molar-refractivity contribution in [3.05, 3.63) is 72.1 Å². The van der Waals surface area contributed by atoms with E-state index in [1.54, 1.807) is 30.4 Å². The lowest BCUT2D eigenvalue weighted by Gasteiger charge is -2.31. The SMILES string of the molecule is O=C(C[C@H]1C=C[C@@H](NC(=O)c2cnccn2)[C@@H](CO)O1)NCc1ccccc1F. The third-order valence-electron chi connectivity index (χ3n) is 4.38. The molecule has 0 saturated heterocycles. The zero-order valence-electron chi connectivity index (χ0n) is 15.5. The third kappa shape index (κ3) is 5.66. The first-order chi connectivity index (χ1) is 14.1. The van der Waals surface area contributed by atoms with Crippen LogP contribution in [-0.4, -0.2) is 51.7 Å². The number of aliphatic hydroxyl groups excluding tert-OH is 1. The van der Waals surface area contributed by atoms with E-state index in [2.05, 4.69) is 20.6 Å². The van der Waals surface area contributed by atoms with Gasteiger partial charge in [-0.1, -0.05) is 30.4 Å². The predicted octanol–water partition coefficient (Wildman–Crippen LogP) is 0.737. The Hall–Kier alpha value is -3.17. The van der Waals surface area contributed by atoms with Crippen LogP contribution >= 0.6 is 0 Å². The highest BCUT2D eigenvalue weighted by Gasteiger charge is 2.29. The number of hydrogen-bond donors (Lipinski definition) is 3. The zero-order chi connectivity index (χ0) is 20.6. The standard InChI is InChI=1S/C20H21FN4O4/c21-15-4-2-1-3-13(15)10-24-19(27)9-14-5-6-16(18(12-26)29-14)25-20(28)17-11-22-7-8-23-17/h1-8,11,14,16,18,26H,9-10,12H2,(H,24,27)(H,25,28)/t14-,16-,18-/m1/s1. The number of aliphatic hydroxyl groups is 1. The number of hydrogen-bond acceptors (Lipinski definition) is 6. The second-order valence-corrected chi connectivity index (χ2v) is 6.44. The Morgan fingerprint density at radius 1 is 1.21 bits per heavy atom. The summed E-state index contributed by atoms with van der Waals surface area (Å²) in [4.78, 5) is 32.1. The van der Waals surface area contributed by atoms with Gasteiger partial charge in [-0.2, -0.15) is 0 Å². The highest BCUT2D eigenvalue weighted by Crippen LogP contribution is 2.16. The molecule has 3 rings (SSSR count). The number of halogens is 1. The van der Waals surface area contributed by atoms with E-state index < -0.39 is 24.2 Å². The molecule has 152 valence electrons. The summed E-state index contributed by atoms with van der Waals surface area (Å²) >= 11 is 0. The number of ether oxygens (including phenoxy) is 1. The van der Waals surface area contributed by atoms with Crippen LogP contribution in [0.4, 0.5) is 4.39 Å². The molecule has 0 unspecified atom stereocenters. The Labute approximate surface area is 166 Å². The number of carbonyl (C=O) groups is 2. The van der Waals surface area contributed by atoms with Crippen molar-refractivity contribution in [1.82, 2.24) is 20.6 Å². The molecule has 0 bridgehead atoms. The van der Waals surface area contributed by atoms with Crippen molar-refractivity contribution < 1.29 is 23.8 Å². The molecule has 0 fully saturated rings. The summed E-state index contributed by atoms with van der Waals surface area (Å²) in [6.07, 6.45) is 6.23. The first kappa shape index (κ1) is 20.6. The molecule has 2 heterocycles. The number of nitrogens with one attached hydrogen (secondary N) is 2. The van der Waals surface area contributed by atoms with E-state index in [0.717, 1.165) is 0 Å². The van der Waals surface area contributed by atoms with E-state index in [1.807, 2.05) is 0 Å². The van der Waals surface area contributed by atoms with E-state index in [1.165, 1.54) is 24.7 Å². The molecule has 1 aliphatic heterocycles. The molecule has 0 aliphatic carbocycles. The summed E-state index contributed by atoms with van der Waals surface area (Å²) in [5.74, 6) is -1.15. The third-order valence-corrected chi connectivity index (χ3v) is 4.38. The maximum atomic E-state index is 13.6. The van der Waals surface area contributed by atoms with E-state index in [0.29, 0.717) is 5.56 Å². The lowest BCUT2D eigenvalue weighted by atomic mass is 10.0. The van der Waals surface area contributed by atoms with Crippen LogP contribution in [0.1, 0.15) is 22.5 Å². The molecule has 3 atom stereocenters. The summed E-state index contributed by atoms with van der Waals surface area (Å²) in [5, 5.41) is 15.0. The highest BCUT2D eigenvalue weighted by molar-refractivity contribution is 5.92. The second kappa shape index (κ2) is 9.85. The first-order valence-corrected chi connectivity index (χ1v) is 9.08. The Bertz CT molecular complexity index is 878. The fraction of sp³-hybridized carbons (Fsp3) is 0.300. The van der Waals surface area contributed by atoms with E-state index in [4.69, 9.17) is 4.74 Å². The Morgan fingerprint density at radius 3 is 2.76 bits per heavy atom. The molecule has 29 heavy (non-hydrogen) atoms. The predicted molar refractivity (Wildman–Crippen MR) is 101 cm³/mol. The number of nitrogens with zero attached hydrogens (tertiary/aromatic N) is 2. The smallest absolute Gasteiger partial charge is 0.272 e. The van der Waals surface area contributed by atoms with Gasteiger partial charge in [-0.15, -0.1) is 0 Å². The molecule has 0 spiro atoms. The van der Waals surface area contributed by atoms with Crippen molar-refractivity contribution in [3.63, 3.8) is 0 Å². The van der Waals surface area contributed by atoms with Crippen molar-refractivity contribution in [1.29, 1.82) is 0 Å². The van der Waals surface area contributed by atoms with Crippen LogP contribution in [-0.2, 0) is 16.1 Å². The molecule has 1 aromatic carbocycles. The molecular formula is C20H21FN4O4. The topological polar surface area (TPSA) is 113 Å². The summed E-state index contributed by atoms with van der Waals surface area (Å²) in [6.45, 7) is -0.273. The molecule has 1 aromatic heterocycles. The Kier molecular flexibility index (Phi) is 6.99. The first-order valence-electron chi connectivity index (χ1n) is 9.08. The van der Waals surface area contributed by atoms with Gasteiger partial charge < -0.3 is 20.5 Å². The van der Waals surface area contributed by atoms with Crippen LogP contribution in [0, 0.1) is 5.82 Å². The number of amides is 2. The molecule has 1 aliphatic rings. The minimum Gasteiger partial charge on any atom is -0.394 e. The van der Waals surface area contributed by atoms with Gasteiger partial charge in [-0.05, 0) is 6.07 Å². The monoisotopic (exact) mass is 400 g/mol. The van der Waals surface area contributed by atoms with Crippen LogP contribution in [0.25, 0.3) is 0 Å². The summed E-state index contributed by atoms with van der Waals surface area (Å²) in [7, 11) is 0. The Balaban J connectivity index is 1.53. The van der Waals surface area contributed by atoms with E-state index in [9.17, 15) is 19.1 Å². The van der Waals surface area contributed by atoms with Crippen molar-refractivity contribution in [2.75, 3.05) is 6.61 Å². The number of rotatable bonds is 7. The molecular weight excluding hydrogens is 379 g/mol. The number of carbonyl (C=O) groups excluding carboxylic acids is 2. The van der Waals surface area contributed by atoms with Crippen molar-refractivity contribution in [2.24, 2.45) is 0 Å². The quantitative estimate of drug-likeness (QED) is 0.591. The van der Waals surface area contributed by atoms with Crippen LogP contribution in [0.5, 0.6) is 0 Å². The summed E-state index contributed by atoms with van der Waals surface area (Å²) in [5.41, 5.74) is 0.535. The average molecular weight is 400 g/mol. The van der Waals surface area contributed by atoms with E-state index in [-0.39, 0.29) is 37.0 Å². The van der Waals surface area contributed by atoms with Crippen LogP contribution in [0.15, 0.2) is 55.0 Å². The fourth-order valence-corrected chi connectivity index (χ4v) is 2.87. The largest absolute Gasteiger partial charge is 0.394 e. The normalized spacial score (nSPS) is 20.8. The minimum atomic E-state index is -0.718. The zero-order valence-corrected chi connectivity index (χ0v) is 15.5. The second-order valence-electron chi connectivity index (χ2n) is 6.44. The maximum Gasteiger partial charge on any atom is 0.272 e. The van der Waals surface area contributed by atoms with Crippen molar-refractivity contribution in [2.45, 2.75) is 31.2 Å². The summed E-state index contributed by atoms with van der Waals surface area (Å²) in [6, 6.07) is 5.62. The molecule has 3 N–H and O–H groups in total.